The first-order valence-corrected chi connectivity index (χ1v) is 8.53. The molecule has 0 saturated carbocycles. The van der Waals surface area contributed by atoms with E-state index in [-0.39, 0.29) is 5.69 Å². The number of thiophene rings is 1. The Labute approximate surface area is 148 Å². The number of esters is 1. The maximum Gasteiger partial charge on any atom is 0.349 e. The van der Waals surface area contributed by atoms with Crippen molar-refractivity contribution in [2.75, 3.05) is 5.32 Å². The number of benzene rings is 2. The number of anilines is 1. The summed E-state index contributed by atoms with van der Waals surface area (Å²) in [7, 11) is 0. The van der Waals surface area contributed by atoms with Gasteiger partial charge in [-0.25, -0.2) is 9.18 Å². The predicted molar refractivity (Wildman–Crippen MR) is 96.5 cm³/mol. The van der Waals surface area contributed by atoms with Crippen LogP contribution in [0.25, 0.3) is 10.1 Å². The maximum absolute atomic E-state index is 13.6. The van der Waals surface area contributed by atoms with E-state index in [2.05, 4.69) is 5.32 Å². The van der Waals surface area contributed by atoms with Crippen molar-refractivity contribution >= 4 is 39.0 Å². The molecule has 128 valence electrons. The Kier molecular flexibility index (Phi) is 4.81. The van der Waals surface area contributed by atoms with Crippen LogP contribution in [0.3, 0.4) is 0 Å². The first kappa shape index (κ1) is 17.1. The van der Waals surface area contributed by atoms with Gasteiger partial charge in [0.15, 0.2) is 6.10 Å². The van der Waals surface area contributed by atoms with Crippen molar-refractivity contribution in [3.8, 4) is 0 Å². The highest BCUT2D eigenvalue weighted by molar-refractivity contribution is 7.21. The number of fused-ring (bicyclic) bond motifs is 1. The fourth-order valence-electron chi connectivity index (χ4n) is 2.43. The molecular formula is C19H16FNO3S. The number of halogens is 1. The number of carbonyl (C=O) groups is 2. The lowest BCUT2D eigenvalue weighted by Gasteiger charge is -2.13. The SMILES string of the molecule is Cc1c(C(=O)O[C@@H](C)C(=O)Nc2ccccc2F)sc2ccccc12. The average molecular weight is 357 g/mol. The molecule has 0 aliphatic carbocycles. The smallest absolute Gasteiger partial charge is 0.349 e. The van der Waals surface area contributed by atoms with Gasteiger partial charge >= 0.3 is 5.97 Å². The molecule has 1 amide bonds. The van der Waals surface area contributed by atoms with Crippen molar-refractivity contribution in [3.05, 3.63) is 64.8 Å². The molecule has 6 heteroatoms. The zero-order valence-corrected chi connectivity index (χ0v) is 14.5. The summed E-state index contributed by atoms with van der Waals surface area (Å²) in [5.41, 5.74) is 0.876. The molecule has 2 aromatic carbocycles. The van der Waals surface area contributed by atoms with Crippen LogP contribution in [-0.2, 0) is 9.53 Å². The molecule has 4 nitrogen and oxygen atoms in total. The summed E-state index contributed by atoms with van der Waals surface area (Å²) in [4.78, 5) is 25.0. The third kappa shape index (κ3) is 3.53. The summed E-state index contributed by atoms with van der Waals surface area (Å²) < 4.78 is 19.8. The fourth-order valence-corrected chi connectivity index (χ4v) is 3.53. The molecule has 0 aliphatic heterocycles. The summed E-state index contributed by atoms with van der Waals surface area (Å²) in [6.07, 6.45) is -1.04. The molecule has 1 aromatic heterocycles. The standard InChI is InChI=1S/C19H16FNO3S/c1-11-13-7-3-6-10-16(13)25-17(11)19(23)24-12(2)18(22)21-15-9-5-4-8-14(15)20/h3-10,12H,1-2H3,(H,21,22)/t12-/m0/s1. The molecule has 3 aromatic rings. The van der Waals surface area contributed by atoms with Crippen LogP contribution in [0.2, 0.25) is 0 Å². The normalized spacial score (nSPS) is 12.0. The summed E-state index contributed by atoms with van der Waals surface area (Å²) in [5, 5.41) is 3.41. The molecular weight excluding hydrogens is 341 g/mol. The van der Waals surface area contributed by atoms with Crippen molar-refractivity contribution in [1.29, 1.82) is 0 Å². The first-order chi connectivity index (χ1) is 12.0. The predicted octanol–water partition coefficient (Wildman–Crippen LogP) is 4.53. The summed E-state index contributed by atoms with van der Waals surface area (Å²) in [6.45, 7) is 3.30. The minimum Gasteiger partial charge on any atom is -0.448 e. The van der Waals surface area contributed by atoms with Crippen LogP contribution in [0.1, 0.15) is 22.2 Å². The van der Waals surface area contributed by atoms with E-state index in [9.17, 15) is 14.0 Å². The van der Waals surface area contributed by atoms with Crippen LogP contribution < -0.4 is 5.32 Å². The van der Waals surface area contributed by atoms with Gasteiger partial charge in [0.1, 0.15) is 10.7 Å². The molecule has 0 spiro atoms. The number of para-hydroxylation sites is 1. The number of hydrogen-bond acceptors (Lipinski definition) is 4. The molecule has 0 fully saturated rings. The highest BCUT2D eigenvalue weighted by Gasteiger charge is 2.23. The second-order valence-corrected chi connectivity index (χ2v) is 6.62. The Bertz CT molecular complexity index is 951. The van der Waals surface area contributed by atoms with E-state index in [1.165, 1.54) is 36.5 Å². The van der Waals surface area contributed by atoms with Gasteiger partial charge in [-0.15, -0.1) is 11.3 Å². The van der Waals surface area contributed by atoms with Gasteiger partial charge in [0.05, 0.1) is 5.69 Å². The van der Waals surface area contributed by atoms with Crippen molar-refractivity contribution in [1.82, 2.24) is 0 Å². The van der Waals surface area contributed by atoms with E-state index in [1.807, 2.05) is 31.2 Å². The van der Waals surface area contributed by atoms with Gasteiger partial charge in [0.25, 0.3) is 5.91 Å². The molecule has 0 aliphatic rings. The van der Waals surface area contributed by atoms with E-state index in [1.54, 1.807) is 6.07 Å². The molecule has 0 unspecified atom stereocenters. The largest absolute Gasteiger partial charge is 0.448 e. The quantitative estimate of drug-likeness (QED) is 0.698. The minimum atomic E-state index is -1.04. The summed E-state index contributed by atoms with van der Waals surface area (Å²) >= 11 is 1.33. The number of rotatable bonds is 4. The van der Waals surface area contributed by atoms with Crippen LogP contribution in [0.4, 0.5) is 10.1 Å². The van der Waals surface area contributed by atoms with Crippen LogP contribution >= 0.6 is 11.3 Å². The molecule has 25 heavy (non-hydrogen) atoms. The Hall–Kier alpha value is -2.73. The minimum absolute atomic E-state index is 0.0495. The van der Waals surface area contributed by atoms with Crippen LogP contribution in [0, 0.1) is 12.7 Å². The number of hydrogen-bond donors (Lipinski definition) is 1. The molecule has 1 heterocycles. The van der Waals surface area contributed by atoms with Gasteiger partial charge in [-0.05, 0) is 43.0 Å². The Morgan fingerprint density at radius 2 is 1.80 bits per heavy atom. The van der Waals surface area contributed by atoms with Crippen LogP contribution in [0.5, 0.6) is 0 Å². The van der Waals surface area contributed by atoms with E-state index in [0.717, 1.165) is 15.6 Å². The fraction of sp³-hybridized carbons (Fsp3) is 0.158. The molecule has 1 atom stereocenters. The number of ether oxygens (including phenoxy) is 1. The average Bonchev–Trinajstić information content (AvgIpc) is 2.94. The van der Waals surface area contributed by atoms with Gasteiger partial charge in [-0.2, -0.15) is 0 Å². The lowest BCUT2D eigenvalue weighted by molar-refractivity contribution is -0.123. The second-order valence-electron chi connectivity index (χ2n) is 5.57. The Morgan fingerprint density at radius 3 is 2.52 bits per heavy atom. The van der Waals surface area contributed by atoms with E-state index in [0.29, 0.717) is 4.88 Å². The molecule has 0 bridgehead atoms. The van der Waals surface area contributed by atoms with E-state index < -0.39 is 23.8 Å². The first-order valence-electron chi connectivity index (χ1n) is 7.72. The summed E-state index contributed by atoms with van der Waals surface area (Å²) in [5.74, 6) is -1.69. The number of amides is 1. The monoisotopic (exact) mass is 357 g/mol. The van der Waals surface area contributed by atoms with Crippen molar-refractivity contribution in [3.63, 3.8) is 0 Å². The highest BCUT2D eigenvalue weighted by Crippen LogP contribution is 2.31. The third-order valence-corrected chi connectivity index (χ3v) is 5.07. The van der Waals surface area contributed by atoms with Gasteiger partial charge < -0.3 is 10.1 Å². The van der Waals surface area contributed by atoms with E-state index >= 15 is 0 Å². The number of aryl methyl sites for hydroxylation is 1. The van der Waals surface area contributed by atoms with Gasteiger partial charge in [-0.1, -0.05) is 30.3 Å². The lowest BCUT2D eigenvalue weighted by atomic mass is 10.1. The molecule has 0 saturated heterocycles. The van der Waals surface area contributed by atoms with Gasteiger partial charge in [0.2, 0.25) is 0 Å². The van der Waals surface area contributed by atoms with Crippen LogP contribution in [0.15, 0.2) is 48.5 Å². The Morgan fingerprint density at radius 1 is 1.12 bits per heavy atom. The molecule has 3 rings (SSSR count). The van der Waals surface area contributed by atoms with Crippen LogP contribution in [-0.4, -0.2) is 18.0 Å². The van der Waals surface area contributed by atoms with Gasteiger partial charge in [-0.3, -0.25) is 4.79 Å². The van der Waals surface area contributed by atoms with Crippen molar-refractivity contribution in [2.24, 2.45) is 0 Å². The number of nitrogens with one attached hydrogen (secondary N) is 1. The molecule has 0 radical (unpaired) electrons. The zero-order valence-electron chi connectivity index (χ0n) is 13.7. The Balaban J connectivity index is 1.72. The van der Waals surface area contributed by atoms with E-state index in [4.69, 9.17) is 4.74 Å². The third-order valence-electron chi connectivity index (χ3n) is 3.81. The van der Waals surface area contributed by atoms with Crippen molar-refractivity contribution < 1.29 is 18.7 Å². The lowest BCUT2D eigenvalue weighted by Crippen LogP contribution is -2.30. The van der Waals surface area contributed by atoms with Gasteiger partial charge in [0, 0.05) is 4.70 Å². The highest BCUT2D eigenvalue weighted by atomic mass is 32.1. The summed E-state index contributed by atoms with van der Waals surface area (Å²) in [6, 6.07) is 13.5. The zero-order chi connectivity index (χ0) is 18.0. The molecule has 1 N–H and O–H groups in total. The topological polar surface area (TPSA) is 55.4 Å². The number of carbonyl (C=O) groups excluding carboxylic acids is 2. The second kappa shape index (κ2) is 7.03. The maximum atomic E-state index is 13.6. The van der Waals surface area contributed by atoms with Crippen molar-refractivity contribution in [2.45, 2.75) is 20.0 Å².